The van der Waals surface area contributed by atoms with E-state index in [0.717, 1.165) is 5.56 Å². The monoisotopic (exact) mass is 436 g/mol. The largest absolute Gasteiger partial charge is 0.325 e. The van der Waals surface area contributed by atoms with Gasteiger partial charge in [-0.05, 0) is 51.2 Å². The van der Waals surface area contributed by atoms with Crippen LogP contribution in [0, 0.1) is 6.92 Å². The number of halogens is 2. The lowest BCUT2D eigenvalue weighted by Gasteiger charge is -2.23. The van der Waals surface area contributed by atoms with Crippen LogP contribution in [0.25, 0.3) is 0 Å². The molecule has 2 aromatic carbocycles. The molecule has 0 aliphatic carbocycles. The molecule has 0 heterocycles. The summed E-state index contributed by atoms with van der Waals surface area (Å²) in [4.78, 5) is 38.1. The number of likely N-dealkylation sites (N-methyl/N-ethyl adjacent to an activating group) is 1. The molecule has 0 radical (unpaired) electrons. The minimum absolute atomic E-state index is 0.0410. The van der Waals surface area contributed by atoms with Crippen LogP contribution >= 0.6 is 23.2 Å². The average Bonchev–Trinajstić information content (AvgIpc) is 2.67. The van der Waals surface area contributed by atoms with E-state index < -0.39 is 17.9 Å². The molecule has 2 rings (SSSR count). The topological polar surface area (TPSA) is 90.5 Å². The summed E-state index contributed by atoms with van der Waals surface area (Å²) in [6, 6.07) is 11.1. The van der Waals surface area contributed by atoms with Crippen LogP contribution in [0.15, 0.2) is 42.5 Å². The van der Waals surface area contributed by atoms with Crippen LogP contribution in [-0.4, -0.2) is 42.3 Å². The van der Waals surface area contributed by atoms with Crippen molar-refractivity contribution < 1.29 is 14.4 Å². The number of anilines is 1. The van der Waals surface area contributed by atoms with E-state index in [4.69, 9.17) is 23.2 Å². The Bertz CT molecular complexity index is 920. The van der Waals surface area contributed by atoms with Crippen LogP contribution in [0.1, 0.15) is 22.8 Å². The van der Waals surface area contributed by atoms with Crippen molar-refractivity contribution in [3.63, 3.8) is 0 Å². The minimum atomic E-state index is -0.660. The number of carbonyl (C=O) groups is 3. The van der Waals surface area contributed by atoms with Gasteiger partial charge in [-0.3, -0.25) is 30.1 Å². The van der Waals surface area contributed by atoms with Crippen molar-refractivity contribution in [1.82, 2.24) is 15.8 Å². The quantitative estimate of drug-likeness (QED) is 0.606. The third kappa shape index (κ3) is 6.74. The smallest absolute Gasteiger partial charge is 0.269 e. The van der Waals surface area contributed by atoms with Gasteiger partial charge >= 0.3 is 0 Å². The van der Waals surface area contributed by atoms with Gasteiger partial charge in [-0.2, -0.15) is 0 Å². The summed E-state index contributed by atoms with van der Waals surface area (Å²) in [5.41, 5.74) is 6.62. The fourth-order valence-electron chi connectivity index (χ4n) is 2.42. The van der Waals surface area contributed by atoms with Gasteiger partial charge in [-0.25, -0.2) is 0 Å². The second-order valence-electron chi connectivity index (χ2n) is 6.58. The van der Waals surface area contributed by atoms with E-state index in [9.17, 15) is 14.4 Å². The van der Waals surface area contributed by atoms with E-state index in [1.165, 1.54) is 0 Å². The van der Waals surface area contributed by atoms with Gasteiger partial charge in [0.2, 0.25) is 5.91 Å². The molecule has 1 atom stereocenters. The number of aryl methyl sites for hydroxylation is 1. The number of amides is 3. The third-order valence-corrected chi connectivity index (χ3v) is 4.96. The van der Waals surface area contributed by atoms with Crippen molar-refractivity contribution in [3.8, 4) is 0 Å². The van der Waals surface area contributed by atoms with Gasteiger partial charge in [0, 0.05) is 11.3 Å². The Hall–Kier alpha value is -2.61. The molecule has 2 aromatic rings. The SMILES string of the molecule is Cc1cccc(C(=O)NNC(=O)[C@@H](C)N(C)CC(=O)Nc2ccc(Cl)c(Cl)c2)c1. The van der Waals surface area contributed by atoms with E-state index in [0.29, 0.717) is 21.3 Å². The van der Waals surface area contributed by atoms with Crippen LogP contribution in [-0.2, 0) is 9.59 Å². The normalized spacial score (nSPS) is 11.7. The molecule has 9 heteroatoms. The predicted molar refractivity (Wildman–Crippen MR) is 114 cm³/mol. The van der Waals surface area contributed by atoms with E-state index in [-0.39, 0.29) is 12.5 Å². The zero-order valence-electron chi connectivity index (χ0n) is 16.3. The maximum absolute atomic E-state index is 12.3. The molecular weight excluding hydrogens is 415 g/mol. The third-order valence-electron chi connectivity index (χ3n) is 4.22. The molecule has 0 aliphatic heterocycles. The number of hydrogen-bond donors (Lipinski definition) is 3. The molecule has 3 amide bonds. The standard InChI is InChI=1S/C20H22Cl2N4O3/c1-12-5-4-6-14(9-12)20(29)25-24-19(28)13(2)26(3)11-18(27)23-15-7-8-16(21)17(22)10-15/h4-10,13H,11H2,1-3H3,(H,23,27)(H,24,28)(H,25,29)/t13-/m1/s1. The summed E-state index contributed by atoms with van der Waals surface area (Å²) < 4.78 is 0. The van der Waals surface area contributed by atoms with Crippen molar-refractivity contribution in [2.45, 2.75) is 19.9 Å². The number of rotatable bonds is 6. The van der Waals surface area contributed by atoms with Crippen molar-refractivity contribution >= 4 is 46.6 Å². The Kier molecular flexibility index (Phi) is 8.01. The first-order valence-electron chi connectivity index (χ1n) is 8.79. The molecule has 7 nitrogen and oxygen atoms in total. The van der Waals surface area contributed by atoms with Crippen LogP contribution in [0.2, 0.25) is 10.0 Å². The Morgan fingerprint density at radius 2 is 1.76 bits per heavy atom. The molecule has 0 bridgehead atoms. The molecule has 0 spiro atoms. The Labute approximate surface area is 179 Å². The molecule has 0 aromatic heterocycles. The molecule has 0 unspecified atom stereocenters. The molecule has 0 saturated carbocycles. The second kappa shape index (κ2) is 10.2. The zero-order chi connectivity index (χ0) is 21.6. The number of carbonyl (C=O) groups excluding carboxylic acids is 3. The summed E-state index contributed by atoms with van der Waals surface area (Å²) in [7, 11) is 1.63. The van der Waals surface area contributed by atoms with Crippen molar-refractivity contribution in [2.75, 3.05) is 18.9 Å². The maximum Gasteiger partial charge on any atom is 0.269 e. The molecule has 0 saturated heterocycles. The van der Waals surface area contributed by atoms with Crippen molar-refractivity contribution in [2.24, 2.45) is 0 Å². The molecule has 3 N–H and O–H groups in total. The fraction of sp³-hybridized carbons (Fsp3) is 0.250. The van der Waals surface area contributed by atoms with Crippen LogP contribution in [0.4, 0.5) is 5.69 Å². The summed E-state index contributed by atoms with van der Waals surface area (Å²) in [6.07, 6.45) is 0. The first-order valence-corrected chi connectivity index (χ1v) is 9.55. The van der Waals surface area contributed by atoms with Gasteiger partial charge < -0.3 is 5.32 Å². The van der Waals surface area contributed by atoms with E-state index >= 15 is 0 Å². The second-order valence-corrected chi connectivity index (χ2v) is 7.40. The van der Waals surface area contributed by atoms with Gasteiger partial charge in [0.1, 0.15) is 0 Å². The number of nitrogens with zero attached hydrogens (tertiary/aromatic N) is 1. The van der Waals surface area contributed by atoms with Gasteiger partial charge in [-0.15, -0.1) is 0 Å². The highest BCUT2D eigenvalue weighted by Crippen LogP contribution is 2.24. The lowest BCUT2D eigenvalue weighted by molar-refractivity contribution is -0.127. The summed E-state index contributed by atoms with van der Waals surface area (Å²) in [6.45, 7) is 3.46. The van der Waals surface area contributed by atoms with Gasteiger partial charge in [0.05, 0.1) is 22.6 Å². The molecule has 0 aliphatic rings. The van der Waals surface area contributed by atoms with Gasteiger partial charge in [0.15, 0.2) is 0 Å². The van der Waals surface area contributed by atoms with Crippen molar-refractivity contribution in [1.29, 1.82) is 0 Å². The molecular formula is C20H22Cl2N4O3. The summed E-state index contributed by atoms with van der Waals surface area (Å²) in [5.74, 6) is -1.19. The van der Waals surface area contributed by atoms with Crippen LogP contribution in [0.5, 0.6) is 0 Å². The molecule has 29 heavy (non-hydrogen) atoms. The zero-order valence-corrected chi connectivity index (χ0v) is 17.8. The van der Waals surface area contributed by atoms with E-state index in [2.05, 4.69) is 16.2 Å². The number of nitrogens with one attached hydrogen (secondary N) is 3. The number of benzene rings is 2. The van der Waals surface area contributed by atoms with E-state index in [1.54, 1.807) is 55.3 Å². The molecule has 154 valence electrons. The van der Waals surface area contributed by atoms with E-state index in [1.807, 2.05) is 13.0 Å². The highest BCUT2D eigenvalue weighted by Gasteiger charge is 2.21. The fourth-order valence-corrected chi connectivity index (χ4v) is 2.72. The highest BCUT2D eigenvalue weighted by molar-refractivity contribution is 6.42. The number of hydrazine groups is 1. The minimum Gasteiger partial charge on any atom is -0.325 e. The van der Waals surface area contributed by atoms with Gasteiger partial charge in [-0.1, -0.05) is 40.9 Å². The maximum atomic E-state index is 12.3. The summed E-state index contributed by atoms with van der Waals surface area (Å²) in [5, 5.41) is 3.40. The lowest BCUT2D eigenvalue weighted by atomic mass is 10.1. The Morgan fingerprint density at radius 3 is 2.41 bits per heavy atom. The van der Waals surface area contributed by atoms with Crippen LogP contribution in [0.3, 0.4) is 0 Å². The lowest BCUT2D eigenvalue weighted by Crippen LogP contribution is -2.51. The highest BCUT2D eigenvalue weighted by atomic mass is 35.5. The number of hydrogen-bond acceptors (Lipinski definition) is 4. The summed E-state index contributed by atoms with van der Waals surface area (Å²) >= 11 is 11.8. The average molecular weight is 437 g/mol. The van der Waals surface area contributed by atoms with Crippen LogP contribution < -0.4 is 16.2 Å². The Morgan fingerprint density at radius 1 is 1.03 bits per heavy atom. The van der Waals surface area contributed by atoms with Gasteiger partial charge in [0.25, 0.3) is 11.8 Å². The molecule has 0 fully saturated rings. The first-order chi connectivity index (χ1) is 13.7. The van der Waals surface area contributed by atoms with Crippen molar-refractivity contribution in [3.05, 3.63) is 63.6 Å². The Balaban J connectivity index is 1.84. The predicted octanol–water partition coefficient (Wildman–Crippen LogP) is 3.02. The first kappa shape index (κ1) is 22.7.